The van der Waals surface area contributed by atoms with Crippen molar-refractivity contribution < 1.29 is 0 Å². The first-order valence-electron chi connectivity index (χ1n) is 12.4. The summed E-state index contributed by atoms with van der Waals surface area (Å²) in [6, 6.07) is 14.1. The molecule has 0 unspecified atom stereocenters. The molecule has 0 atom stereocenters. The van der Waals surface area contributed by atoms with Gasteiger partial charge in [0.2, 0.25) is 0 Å². The van der Waals surface area contributed by atoms with Gasteiger partial charge in [0, 0.05) is 19.2 Å². The summed E-state index contributed by atoms with van der Waals surface area (Å²) in [5, 5.41) is 0. The molecule has 162 valence electrons. The number of fused-ring (bicyclic) bond motifs is 1. The van der Waals surface area contributed by atoms with Crippen LogP contribution in [-0.4, -0.2) is 0 Å². The van der Waals surface area contributed by atoms with Gasteiger partial charge in [-0.3, -0.25) is 0 Å². The van der Waals surface area contributed by atoms with Crippen molar-refractivity contribution in [3.05, 3.63) is 46.8 Å². The Labute approximate surface area is 191 Å². The molecular formula is C28H38S2. The summed E-state index contributed by atoms with van der Waals surface area (Å²) in [6.45, 7) is 4.57. The minimum absolute atomic E-state index is 0.977. The first-order chi connectivity index (χ1) is 14.7. The Morgan fingerprint density at radius 3 is 2.10 bits per heavy atom. The van der Waals surface area contributed by atoms with E-state index in [1.807, 2.05) is 22.7 Å². The van der Waals surface area contributed by atoms with Gasteiger partial charge in [-0.1, -0.05) is 95.9 Å². The van der Waals surface area contributed by atoms with Crippen molar-refractivity contribution in [3.63, 3.8) is 0 Å². The Hall–Kier alpha value is -1.12. The standard InChI is InChI=1S/C28H38S2/c1-3-5-6-8-22-9-11-23(12-10-22)15-18-25-19-27-28(29-25)20-26(30-27)24-16-13-21(7-4-2)14-17-24/h13-14,16-17,19-20,22-23H,3-12,15,18H2,1-2H3. The summed E-state index contributed by atoms with van der Waals surface area (Å²) in [6.07, 6.45) is 16.8. The Morgan fingerprint density at radius 1 is 0.733 bits per heavy atom. The molecule has 0 spiro atoms. The van der Waals surface area contributed by atoms with E-state index in [1.54, 1.807) is 4.88 Å². The summed E-state index contributed by atoms with van der Waals surface area (Å²) in [5.74, 6) is 2.01. The zero-order valence-corrected chi connectivity index (χ0v) is 20.6. The van der Waals surface area contributed by atoms with Gasteiger partial charge in [-0.15, -0.1) is 22.7 Å². The van der Waals surface area contributed by atoms with E-state index in [1.165, 1.54) is 102 Å². The number of hydrogen-bond acceptors (Lipinski definition) is 2. The second-order valence-corrected chi connectivity index (χ2v) is 11.7. The zero-order valence-electron chi connectivity index (χ0n) is 18.9. The summed E-state index contributed by atoms with van der Waals surface area (Å²) < 4.78 is 2.98. The highest BCUT2D eigenvalue weighted by Crippen LogP contribution is 2.40. The number of unbranched alkanes of at least 4 members (excludes halogenated alkanes) is 2. The van der Waals surface area contributed by atoms with Gasteiger partial charge in [0.05, 0.1) is 0 Å². The van der Waals surface area contributed by atoms with Crippen LogP contribution in [0.5, 0.6) is 0 Å². The van der Waals surface area contributed by atoms with Crippen LogP contribution in [0.4, 0.5) is 0 Å². The predicted molar refractivity (Wildman–Crippen MR) is 137 cm³/mol. The van der Waals surface area contributed by atoms with Crippen LogP contribution < -0.4 is 0 Å². The molecule has 1 aromatic carbocycles. The fourth-order valence-electron chi connectivity index (χ4n) is 5.11. The fraction of sp³-hybridized carbons (Fsp3) is 0.571. The molecule has 0 bridgehead atoms. The van der Waals surface area contributed by atoms with Gasteiger partial charge >= 0.3 is 0 Å². The molecule has 0 amide bonds. The quantitative estimate of drug-likeness (QED) is 0.276. The van der Waals surface area contributed by atoms with E-state index in [9.17, 15) is 0 Å². The van der Waals surface area contributed by atoms with Crippen molar-refractivity contribution in [2.24, 2.45) is 11.8 Å². The fourth-order valence-corrected chi connectivity index (χ4v) is 7.56. The van der Waals surface area contributed by atoms with Crippen LogP contribution in [0.2, 0.25) is 0 Å². The van der Waals surface area contributed by atoms with Crippen LogP contribution in [0.1, 0.15) is 88.5 Å². The second-order valence-electron chi connectivity index (χ2n) is 9.42. The third-order valence-electron chi connectivity index (χ3n) is 7.02. The first-order valence-corrected chi connectivity index (χ1v) is 14.0. The predicted octanol–water partition coefficient (Wildman–Crippen LogP) is 9.90. The highest BCUT2D eigenvalue weighted by atomic mass is 32.1. The van der Waals surface area contributed by atoms with E-state index < -0.39 is 0 Å². The van der Waals surface area contributed by atoms with E-state index in [0.29, 0.717) is 0 Å². The van der Waals surface area contributed by atoms with Crippen LogP contribution in [0.3, 0.4) is 0 Å². The van der Waals surface area contributed by atoms with E-state index in [0.717, 1.165) is 11.8 Å². The van der Waals surface area contributed by atoms with E-state index in [4.69, 9.17) is 0 Å². The molecule has 4 rings (SSSR count). The Bertz CT molecular complexity index is 859. The SMILES string of the molecule is CCCCCC1CCC(CCc2cc3sc(-c4ccc(CCC)cc4)cc3s2)CC1. The highest BCUT2D eigenvalue weighted by molar-refractivity contribution is 7.29. The molecule has 30 heavy (non-hydrogen) atoms. The van der Waals surface area contributed by atoms with E-state index in [-0.39, 0.29) is 0 Å². The monoisotopic (exact) mass is 438 g/mol. The number of rotatable bonds is 10. The number of benzene rings is 1. The van der Waals surface area contributed by atoms with Crippen molar-refractivity contribution in [1.82, 2.24) is 0 Å². The molecule has 0 saturated heterocycles. The smallest absolute Gasteiger partial charge is 0.0460 e. The van der Waals surface area contributed by atoms with Crippen LogP contribution >= 0.6 is 22.7 Å². The summed E-state index contributed by atoms with van der Waals surface area (Å²) >= 11 is 4.01. The maximum atomic E-state index is 2.48. The summed E-state index contributed by atoms with van der Waals surface area (Å²) in [7, 11) is 0. The van der Waals surface area contributed by atoms with Gasteiger partial charge in [0.25, 0.3) is 0 Å². The molecule has 1 saturated carbocycles. The molecule has 1 aliphatic carbocycles. The van der Waals surface area contributed by atoms with Gasteiger partial charge in [-0.2, -0.15) is 0 Å². The lowest BCUT2D eigenvalue weighted by Crippen LogP contribution is -2.15. The van der Waals surface area contributed by atoms with Crippen LogP contribution in [0, 0.1) is 11.8 Å². The molecule has 2 heterocycles. The largest absolute Gasteiger partial charge is 0.139 e. The molecule has 2 heteroatoms. The van der Waals surface area contributed by atoms with Crippen molar-refractivity contribution in [2.75, 3.05) is 0 Å². The van der Waals surface area contributed by atoms with Gasteiger partial charge in [-0.05, 0) is 54.4 Å². The first kappa shape index (κ1) is 22.1. The highest BCUT2D eigenvalue weighted by Gasteiger charge is 2.21. The van der Waals surface area contributed by atoms with E-state index >= 15 is 0 Å². The topological polar surface area (TPSA) is 0 Å². The molecular weight excluding hydrogens is 400 g/mol. The lowest BCUT2D eigenvalue weighted by atomic mass is 9.78. The molecule has 0 N–H and O–H groups in total. The maximum absolute atomic E-state index is 2.48. The van der Waals surface area contributed by atoms with Crippen LogP contribution in [-0.2, 0) is 12.8 Å². The van der Waals surface area contributed by atoms with Gasteiger partial charge in [0.1, 0.15) is 0 Å². The lowest BCUT2D eigenvalue weighted by molar-refractivity contribution is 0.249. The Morgan fingerprint density at radius 2 is 1.43 bits per heavy atom. The molecule has 0 aliphatic heterocycles. The minimum Gasteiger partial charge on any atom is -0.139 e. The maximum Gasteiger partial charge on any atom is 0.0460 e. The van der Waals surface area contributed by atoms with Crippen molar-refractivity contribution >= 4 is 32.1 Å². The van der Waals surface area contributed by atoms with E-state index in [2.05, 4.69) is 50.2 Å². The third-order valence-corrected chi connectivity index (χ3v) is 9.42. The van der Waals surface area contributed by atoms with Crippen molar-refractivity contribution in [2.45, 2.75) is 90.9 Å². The van der Waals surface area contributed by atoms with Gasteiger partial charge in [-0.25, -0.2) is 0 Å². The number of aryl methyl sites for hydroxylation is 2. The minimum atomic E-state index is 0.977. The zero-order chi connectivity index (χ0) is 20.8. The average Bonchev–Trinajstić information content (AvgIpc) is 3.33. The summed E-state index contributed by atoms with van der Waals surface area (Å²) in [5.41, 5.74) is 2.83. The van der Waals surface area contributed by atoms with Gasteiger partial charge < -0.3 is 0 Å². The Balaban J connectivity index is 1.27. The molecule has 1 aliphatic rings. The van der Waals surface area contributed by atoms with Crippen LogP contribution in [0.25, 0.3) is 19.8 Å². The molecule has 3 aromatic rings. The normalized spacial score (nSPS) is 19.5. The van der Waals surface area contributed by atoms with Crippen molar-refractivity contribution in [3.8, 4) is 10.4 Å². The summed E-state index contributed by atoms with van der Waals surface area (Å²) in [4.78, 5) is 3.03. The molecule has 0 radical (unpaired) electrons. The van der Waals surface area contributed by atoms with Crippen molar-refractivity contribution in [1.29, 1.82) is 0 Å². The second kappa shape index (κ2) is 11.0. The van der Waals surface area contributed by atoms with Crippen LogP contribution in [0.15, 0.2) is 36.4 Å². The van der Waals surface area contributed by atoms with Gasteiger partial charge in [0.15, 0.2) is 0 Å². The molecule has 2 aromatic heterocycles. The number of hydrogen-bond donors (Lipinski definition) is 0. The Kier molecular flexibility index (Phi) is 8.07. The molecule has 1 fully saturated rings. The third kappa shape index (κ3) is 5.77. The average molecular weight is 439 g/mol. The number of thiophene rings is 2. The molecule has 0 nitrogen and oxygen atoms in total. The lowest BCUT2D eigenvalue weighted by Gasteiger charge is -2.28.